The molecule has 0 amide bonds. The first-order chi connectivity index (χ1) is 8.56. The van der Waals surface area contributed by atoms with Gasteiger partial charge in [0.15, 0.2) is 0 Å². The Hall–Kier alpha value is -1.58. The highest BCUT2D eigenvalue weighted by molar-refractivity contribution is 7.80. The molecule has 0 aromatic heterocycles. The topological polar surface area (TPSA) is 35.2 Å². The van der Waals surface area contributed by atoms with Crippen LogP contribution in [0.5, 0.6) is 11.5 Å². The zero-order valence-corrected chi connectivity index (χ0v) is 11.4. The zero-order chi connectivity index (χ0) is 13.1. The molecule has 0 atom stereocenters. The summed E-state index contributed by atoms with van der Waals surface area (Å²) < 4.78 is 5.68. The second-order valence-corrected chi connectivity index (χ2v) is 4.77. The lowest BCUT2D eigenvalue weighted by Crippen LogP contribution is -2.08. The lowest BCUT2D eigenvalue weighted by Gasteiger charge is -2.08. The Bertz CT molecular complexity index is 581. The van der Waals surface area contributed by atoms with Crippen LogP contribution in [0, 0.1) is 6.92 Å². The molecule has 2 N–H and O–H groups in total. The second-order valence-electron chi connectivity index (χ2n) is 3.92. The van der Waals surface area contributed by atoms with Crippen LogP contribution >= 0.6 is 23.8 Å². The highest BCUT2D eigenvalue weighted by Crippen LogP contribution is 2.30. The Morgan fingerprint density at radius 2 is 1.83 bits per heavy atom. The number of hydrogen-bond donors (Lipinski definition) is 1. The Morgan fingerprint density at radius 1 is 1.17 bits per heavy atom. The van der Waals surface area contributed by atoms with Crippen LogP contribution in [0.1, 0.15) is 11.1 Å². The van der Waals surface area contributed by atoms with Gasteiger partial charge in [0.2, 0.25) is 0 Å². The molecule has 92 valence electrons. The first-order valence-corrected chi connectivity index (χ1v) is 6.19. The van der Waals surface area contributed by atoms with E-state index in [1.54, 1.807) is 0 Å². The van der Waals surface area contributed by atoms with Gasteiger partial charge in [-0.25, -0.2) is 0 Å². The van der Waals surface area contributed by atoms with E-state index in [1.165, 1.54) is 0 Å². The Morgan fingerprint density at radius 3 is 2.39 bits per heavy atom. The molecule has 18 heavy (non-hydrogen) atoms. The number of halogens is 1. The minimum Gasteiger partial charge on any atom is -0.456 e. The summed E-state index contributed by atoms with van der Waals surface area (Å²) in [6.45, 7) is 1.98. The average molecular weight is 278 g/mol. The lowest BCUT2D eigenvalue weighted by atomic mass is 10.2. The lowest BCUT2D eigenvalue weighted by molar-refractivity contribution is 0.483. The van der Waals surface area contributed by atoms with Crippen LogP contribution in [0.4, 0.5) is 0 Å². The van der Waals surface area contributed by atoms with E-state index in [9.17, 15) is 0 Å². The van der Waals surface area contributed by atoms with Crippen molar-refractivity contribution >= 4 is 28.8 Å². The van der Waals surface area contributed by atoms with Crippen LogP contribution in [-0.2, 0) is 0 Å². The predicted octanol–water partition coefficient (Wildman–Crippen LogP) is 4.07. The average Bonchev–Trinajstić information content (AvgIpc) is 2.33. The summed E-state index contributed by atoms with van der Waals surface area (Å²) in [7, 11) is 0. The van der Waals surface area contributed by atoms with E-state index in [4.69, 9.17) is 34.3 Å². The Labute approximate surface area is 116 Å². The van der Waals surface area contributed by atoms with Crippen molar-refractivity contribution in [3.63, 3.8) is 0 Å². The summed E-state index contributed by atoms with van der Waals surface area (Å²) >= 11 is 11.0. The number of aryl methyl sites for hydroxylation is 1. The normalized spacial score (nSPS) is 10.1. The van der Waals surface area contributed by atoms with Crippen LogP contribution in [0.15, 0.2) is 42.5 Å². The first-order valence-electron chi connectivity index (χ1n) is 5.40. The van der Waals surface area contributed by atoms with Gasteiger partial charge < -0.3 is 10.5 Å². The molecule has 0 aliphatic rings. The summed E-state index contributed by atoms with van der Waals surface area (Å²) in [4.78, 5) is 0.370. The van der Waals surface area contributed by atoms with Crippen LogP contribution < -0.4 is 10.5 Å². The molecule has 4 heteroatoms. The Kier molecular flexibility index (Phi) is 3.84. The molecule has 2 aromatic rings. The molecule has 0 aliphatic heterocycles. The van der Waals surface area contributed by atoms with Crippen molar-refractivity contribution in [1.29, 1.82) is 0 Å². The summed E-state index contributed by atoms with van der Waals surface area (Å²) in [5.74, 6) is 1.33. The van der Waals surface area contributed by atoms with Gasteiger partial charge in [0.25, 0.3) is 0 Å². The van der Waals surface area contributed by atoms with Gasteiger partial charge in [-0.2, -0.15) is 0 Å². The third-order valence-electron chi connectivity index (χ3n) is 2.45. The fourth-order valence-corrected chi connectivity index (χ4v) is 1.91. The molecular formula is C14H12ClNOS. The number of nitrogens with two attached hydrogens (primary N) is 1. The quantitative estimate of drug-likeness (QED) is 0.859. The molecule has 2 aromatic carbocycles. The Balaban J connectivity index is 2.21. The van der Waals surface area contributed by atoms with Gasteiger partial charge in [-0.1, -0.05) is 29.9 Å². The van der Waals surface area contributed by atoms with Crippen molar-refractivity contribution in [2.24, 2.45) is 5.73 Å². The number of ether oxygens (including phenoxy) is 1. The number of rotatable bonds is 3. The van der Waals surface area contributed by atoms with Crippen LogP contribution in [0.2, 0.25) is 5.02 Å². The molecule has 0 saturated carbocycles. The van der Waals surface area contributed by atoms with E-state index in [0.717, 1.165) is 11.1 Å². The van der Waals surface area contributed by atoms with E-state index >= 15 is 0 Å². The fourth-order valence-electron chi connectivity index (χ4n) is 1.50. The van der Waals surface area contributed by atoms with Gasteiger partial charge in [-0.3, -0.25) is 0 Å². The van der Waals surface area contributed by atoms with Crippen molar-refractivity contribution in [2.45, 2.75) is 6.92 Å². The van der Waals surface area contributed by atoms with Gasteiger partial charge >= 0.3 is 0 Å². The van der Waals surface area contributed by atoms with Crippen molar-refractivity contribution in [1.82, 2.24) is 0 Å². The SMILES string of the molecule is Cc1ccc(Oc2ccc(C(N)=S)cc2)c(Cl)c1. The standard InChI is InChI=1S/C14H12ClNOS/c1-9-2-7-13(12(15)8-9)17-11-5-3-10(4-6-11)14(16)18/h2-8H,1H3,(H2,16,18). The van der Waals surface area contributed by atoms with Gasteiger partial charge in [-0.15, -0.1) is 0 Å². The summed E-state index contributed by atoms with van der Waals surface area (Å²) in [6.07, 6.45) is 0. The predicted molar refractivity (Wildman–Crippen MR) is 78.6 cm³/mol. The summed E-state index contributed by atoms with van der Waals surface area (Å²) in [5.41, 5.74) is 7.43. The highest BCUT2D eigenvalue weighted by atomic mass is 35.5. The molecule has 0 unspecified atom stereocenters. The molecule has 0 spiro atoms. The smallest absolute Gasteiger partial charge is 0.146 e. The molecule has 0 fully saturated rings. The largest absolute Gasteiger partial charge is 0.456 e. The molecular weight excluding hydrogens is 266 g/mol. The van der Waals surface area contributed by atoms with Crippen molar-refractivity contribution in [3.05, 3.63) is 58.6 Å². The van der Waals surface area contributed by atoms with Gasteiger partial charge in [0.1, 0.15) is 16.5 Å². The van der Waals surface area contributed by atoms with Crippen molar-refractivity contribution < 1.29 is 4.74 Å². The first kappa shape index (κ1) is 12.9. The molecule has 2 nitrogen and oxygen atoms in total. The molecule has 0 heterocycles. The highest BCUT2D eigenvalue weighted by Gasteiger charge is 2.04. The minimum atomic E-state index is 0.370. The van der Waals surface area contributed by atoms with E-state index in [1.807, 2.05) is 49.4 Å². The molecule has 0 saturated heterocycles. The summed E-state index contributed by atoms with van der Waals surface area (Å²) in [5, 5.41) is 0.591. The maximum Gasteiger partial charge on any atom is 0.146 e. The van der Waals surface area contributed by atoms with E-state index in [2.05, 4.69) is 0 Å². The monoisotopic (exact) mass is 277 g/mol. The van der Waals surface area contributed by atoms with Crippen LogP contribution in [0.25, 0.3) is 0 Å². The number of hydrogen-bond acceptors (Lipinski definition) is 2. The minimum absolute atomic E-state index is 0.370. The number of thiocarbonyl (C=S) groups is 1. The van der Waals surface area contributed by atoms with Crippen molar-refractivity contribution in [3.8, 4) is 11.5 Å². The zero-order valence-electron chi connectivity index (χ0n) is 9.81. The van der Waals surface area contributed by atoms with Gasteiger partial charge in [-0.05, 0) is 48.9 Å². The summed E-state index contributed by atoms with van der Waals surface area (Å²) in [6, 6.07) is 12.9. The second kappa shape index (κ2) is 5.38. The third-order valence-corrected chi connectivity index (χ3v) is 2.99. The maximum atomic E-state index is 6.10. The van der Waals surface area contributed by atoms with Crippen LogP contribution in [-0.4, -0.2) is 4.99 Å². The molecule has 0 bridgehead atoms. The van der Waals surface area contributed by atoms with E-state index in [-0.39, 0.29) is 0 Å². The maximum absolute atomic E-state index is 6.10. The molecule has 2 rings (SSSR count). The molecule has 0 radical (unpaired) electrons. The van der Waals surface area contributed by atoms with E-state index in [0.29, 0.717) is 21.5 Å². The van der Waals surface area contributed by atoms with Crippen LogP contribution in [0.3, 0.4) is 0 Å². The molecule has 0 aliphatic carbocycles. The third kappa shape index (κ3) is 3.00. The number of benzene rings is 2. The van der Waals surface area contributed by atoms with E-state index < -0.39 is 0 Å². The van der Waals surface area contributed by atoms with Gasteiger partial charge in [0.05, 0.1) is 5.02 Å². The van der Waals surface area contributed by atoms with Crippen molar-refractivity contribution in [2.75, 3.05) is 0 Å². The fraction of sp³-hybridized carbons (Fsp3) is 0.0714. The van der Waals surface area contributed by atoms with Gasteiger partial charge in [0, 0.05) is 5.56 Å².